The van der Waals surface area contributed by atoms with E-state index in [0.717, 1.165) is 36.3 Å². The van der Waals surface area contributed by atoms with Crippen molar-refractivity contribution < 1.29 is 4.79 Å². The third-order valence-electron chi connectivity index (χ3n) is 3.86. The maximum Gasteiger partial charge on any atom is 0.227 e. The summed E-state index contributed by atoms with van der Waals surface area (Å²) in [6.07, 6.45) is 3.11. The number of nitrogens with zero attached hydrogens (tertiary/aromatic N) is 4. The molecule has 1 atom stereocenters. The number of hydrogen-bond donors (Lipinski definition) is 1. The Kier molecular flexibility index (Phi) is 3.68. The molecule has 0 unspecified atom stereocenters. The second-order valence-corrected chi connectivity index (χ2v) is 5.55. The van der Waals surface area contributed by atoms with Gasteiger partial charge < -0.3 is 5.32 Å². The van der Waals surface area contributed by atoms with Gasteiger partial charge in [0.1, 0.15) is 0 Å². The third-order valence-corrected chi connectivity index (χ3v) is 3.86. The minimum absolute atomic E-state index is 0.0202. The molecule has 0 aliphatic heterocycles. The van der Waals surface area contributed by atoms with E-state index in [1.807, 2.05) is 42.8 Å². The molecule has 2 aromatic rings. The second-order valence-electron chi connectivity index (χ2n) is 5.55. The molecule has 0 radical (unpaired) electrons. The number of hydrogen-bond acceptors (Lipinski definition) is 4. The fourth-order valence-corrected chi connectivity index (χ4v) is 2.10. The molecule has 110 valence electrons. The average Bonchev–Trinajstić information content (AvgIpc) is 3.24. The first-order valence-electron chi connectivity index (χ1n) is 7.38. The molecule has 0 bridgehead atoms. The van der Waals surface area contributed by atoms with Crippen LogP contribution in [0, 0.1) is 5.92 Å². The van der Waals surface area contributed by atoms with Crippen molar-refractivity contribution in [3.05, 3.63) is 24.3 Å². The van der Waals surface area contributed by atoms with Gasteiger partial charge in [-0.25, -0.2) is 4.68 Å². The van der Waals surface area contributed by atoms with Crippen molar-refractivity contribution in [1.29, 1.82) is 0 Å². The minimum atomic E-state index is 0.0202. The van der Waals surface area contributed by atoms with Crippen LogP contribution in [0.15, 0.2) is 24.3 Å². The molecule has 6 nitrogen and oxygen atoms in total. The van der Waals surface area contributed by atoms with Crippen molar-refractivity contribution >= 4 is 11.6 Å². The molecule has 3 rings (SSSR count). The summed E-state index contributed by atoms with van der Waals surface area (Å²) in [6, 6.07) is 8.11. The first-order valence-corrected chi connectivity index (χ1v) is 7.38. The highest BCUT2D eigenvalue weighted by molar-refractivity contribution is 5.92. The molecule has 1 aromatic heterocycles. The number of carbonyl (C=O) groups excluding carboxylic acids is 1. The molecule has 1 aliphatic carbocycles. The van der Waals surface area contributed by atoms with Gasteiger partial charge in [-0.1, -0.05) is 13.8 Å². The van der Waals surface area contributed by atoms with E-state index in [2.05, 4.69) is 20.8 Å². The number of rotatable bonds is 5. The summed E-state index contributed by atoms with van der Waals surface area (Å²) in [5.41, 5.74) is 1.77. The standard InChI is InChI=1S/C15H19N5O/c1-3-10(2)15(21)16-12-6-4-11(5-7-12)14-17-18-19-20(14)13-8-9-13/h4-7,10,13H,3,8-9H2,1-2H3,(H,16,21)/t10-/m0/s1. The van der Waals surface area contributed by atoms with E-state index in [1.54, 1.807) is 0 Å². The highest BCUT2D eigenvalue weighted by atomic mass is 16.1. The number of tetrazole rings is 1. The molecule has 21 heavy (non-hydrogen) atoms. The predicted molar refractivity (Wildman–Crippen MR) is 79.6 cm³/mol. The monoisotopic (exact) mass is 285 g/mol. The zero-order valence-corrected chi connectivity index (χ0v) is 12.3. The molecule has 1 aliphatic rings. The van der Waals surface area contributed by atoms with Gasteiger partial charge in [0.2, 0.25) is 5.91 Å². The van der Waals surface area contributed by atoms with Crippen LogP contribution in [-0.4, -0.2) is 26.1 Å². The topological polar surface area (TPSA) is 72.7 Å². The Labute approximate surface area is 123 Å². The van der Waals surface area contributed by atoms with Crippen LogP contribution in [0.5, 0.6) is 0 Å². The Bertz CT molecular complexity index is 630. The Morgan fingerprint density at radius 1 is 1.38 bits per heavy atom. The van der Waals surface area contributed by atoms with Gasteiger partial charge in [-0.15, -0.1) is 5.10 Å². The van der Waals surface area contributed by atoms with Crippen LogP contribution < -0.4 is 5.32 Å². The predicted octanol–water partition coefficient (Wildman–Crippen LogP) is 2.66. The van der Waals surface area contributed by atoms with E-state index in [1.165, 1.54) is 0 Å². The van der Waals surface area contributed by atoms with E-state index >= 15 is 0 Å². The van der Waals surface area contributed by atoms with Crippen molar-refractivity contribution in [2.75, 3.05) is 5.32 Å². The summed E-state index contributed by atoms with van der Waals surface area (Å²) < 4.78 is 1.88. The number of nitrogens with one attached hydrogen (secondary N) is 1. The fourth-order valence-electron chi connectivity index (χ4n) is 2.10. The summed E-state index contributed by atoms with van der Waals surface area (Å²) >= 11 is 0. The van der Waals surface area contributed by atoms with Crippen LogP contribution in [0.1, 0.15) is 39.2 Å². The van der Waals surface area contributed by atoms with Crippen LogP contribution in [-0.2, 0) is 4.79 Å². The van der Waals surface area contributed by atoms with Crippen molar-refractivity contribution in [2.24, 2.45) is 5.92 Å². The number of aromatic nitrogens is 4. The lowest BCUT2D eigenvalue weighted by Gasteiger charge is -2.10. The average molecular weight is 285 g/mol. The van der Waals surface area contributed by atoms with Gasteiger partial charge in [-0.3, -0.25) is 4.79 Å². The van der Waals surface area contributed by atoms with Gasteiger partial charge in [-0.2, -0.15) is 0 Å². The van der Waals surface area contributed by atoms with E-state index in [9.17, 15) is 4.79 Å². The highest BCUT2D eigenvalue weighted by Crippen LogP contribution is 2.36. The molecule has 1 heterocycles. The Morgan fingerprint density at radius 3 is 2.71 bits per heavy atom. The van der Waals surface area contributed by atoms with Gasteiger partial charge in [0.15, 0.2) is 5.82 Å². The van der Waals surface area contributed by atoms with Crippen LogP contribution in [0.3, 0.4) is 0 Å². The molecule has 1 amide bonds. The maximum atomic E-state index is 11.9. The smallest absolute Gasteiger partial charge is 0.227 e. The zero-order chi connectivity index (χ0) is 14.8. The summed E-state index contributed by atoms with van der Waals surface area (Å²) in [7, 11) is 0. The lowest BCUT2D eigenvalue weighted by atomic mass is 10.1. The maximum absolute atomic E-state index is 11.9. The van der Waals surface area contributed by atoms with Crippen LogP contribution in [0.2, 0.25) is 0 Å². The van der Waals surface area contributed by atoms with Gasteiger partial charge in [0.25, 0.3) is 0 Å². The zero-order valence-electron chi connectivity index (χ0n) is 12.3. The molecule has 6 heteroatoms. The van der Waals surface area contributed by atoms with Gasteiger partial charge >= 0.3 is 0 Å². The largest absolute Gasteiger partial charge is 0.326 e. The number of amides is 1. The second kappa shape index (κ2) is 5.63. The fraction of sp³-hybridized carbons (Fsp3) is 0.467. The van der Waals surface area contributed by atoms with Gasteiger partial charge in [0, 0.05) is 17.2 Å². The van der Waals surface area contributed by atoms with Crippen LogP contribution >= 0.6 is 0 Å². The van der Waals surface area contributed by atoms with E-state index in [0.29, 0.717) is 6.04 Å². The van der Waals surface area contributed by atoms with Crippen LogP contribution in [0.25, 0.3) is 11.4 Å². The summed E-state index contributed by atoms with van der Waals surface area (Å²) in [5, 5.41) is 14.8. The normalized spacial score (nSPS) is 15.7. The molecular weight excluding hydrogens is 266 g/mol. The van der Waals surface area contributed by atoms with Crippen molar-refractivity contribution in [3.8, 4) is 11.4 Å². The van der Waals surface area contributed by atoms with E-state index < -0.39 is 0 Å². The SMILES string of the molecule is CC[C@H](C)C(=O)Nc1ccc(-c2nnnn2C2CC2)cc1. The molecular formula is C15H19N5O. The molecule has 1 N–H and O–H groups in total. The summed E-state index contributed by atoms with van der Waals surface area (Å²) in [4.78, 5) is 11.9. The first-order chi connectivity index (χ1) is 10.2. The molecule has 0 saturated heterocycles. The first kappa shape index (κ1) is 13.7. The number of carbonyl (C=O) groups is 1. The van der Waals surface area contributed by atoms with Crippen molar-refractivity contribution in [3.63, 3.8) is 0 Å². The molecule has 0 spiro atoms. The number of anilines is 1. The molecule has 1 saturated carbocycles. The van der Waals surface area contributed by atoms with Gasteiger partial charge in [0.05, 0.1) is 6.04 Å². The van der Waals surface area contributed by atoms with E-state index in [4.69, 9.17) is 0 Å². The molecule has 1 fully saturated rings. The van der Waals surface area contributed by atoms with Crippen LogP contribution in [0.4, 0.5) is 5.69 Å². The Hall–Kier alpha value is -2.24. The lowest BCUT2D eigenvalue weighted by molar-refractivity contribution is -0.119. The summed E-state index contributed by atoms with van der Waals surface area (Å²) in [5.74, 6) is 0.859. The quantitative estimate of drug-likeness (QED) is 0.916. The van der Waals surface area contributed by atoms with Crippen molar-refractivity contribution in [1.82, 2.24) is 20.2 Å². The highest BCUT2D eigenvalue weighted by Gasteiger charge is 2.28. The Morgan fingerprint density at radius 2 is 2.10 bits per heavy atom. The van der Waals surface area contributed by atoms with E-state index in [-0.39, 0.29) is 11.8 Å². The van der Waals surface area contributed by atoms with Gasteiger partial charge in [-0.05, 0) is 54.0 Å². The Balaban J connectivity index is 1.75. The lowest BCUT2D eigenvalue weighted by Crippen LogP contribution is -2.19. The number of benzene rings is 1. The minimum Gasteiger partial charge on any atom is -0.326 e. The van der Waals surface area contributed by atoms with Crippen molar-refractivity contribution in [2.45, 2.75) is 39.2 Å². The molecule has 1 aromatic carbocycles. The summed E-state index contributed by atoms with van der Waals surface area (Å²) in [6.45, 7) is 3.93. The third kappa shape index (κ3) is 2.94.